The maximum atomic E-state index is 4.89. The summed E-state index contributed by atoms with van der Waals surface area (Å²) in [6.45, 7) is 2.16. The van der Waals surface area contributed by atoms with Gasteiger partial charge >= 0.3 is 0 Å². The van der Waals surface area contributed by atoms with Crippen molar-refractivity contribution in [3.63, 3.8) is 0 Å². The molecule has 2 N–H and O–H groups in total. The fourth-order valence-electron chi connectivity index (χ4n) is 3.98. The van der Waals surface area contributed by atoms with E-state index >= 15 is 0 Å². The summed E-state index contributed by atoms with van der Waals surface area (Å²) in [5.41, 5.74) is 5.47. The molecular weight excluding hydrogens is 372 g/mol. The van der Waals surface area contributed by atoms with Crippen LogP contribution in [0, 0.1) is 0 Å². The Hall–Kier alpha value is -3.54. The Morgan fingerprint density at radius 1 is 1.00 bits per heavy atom. The van der Waals surface area contributed by atoms with Gasteiger partial charge in [0.1, 0.15) is 11.6 Å². The third kappa shape index (κ3) is 3.56. The van der Waals surface area contributed by atoms with E-state index in [4.69, 9.17) is 9.97 Å². The quantitative estimate of drug-likeness (QED) is 0.480. The molecule has 0 spiro atoms. The minimum Gasteiger partial charge on any atom is -0.360 e. The van der Waals surface area contributed by atoms with Crippen molar-refractivity contribution in [1.29, 1.82) is 0 Å². The summed E-state index contributed by atoms with van der Waals surface area (Å²) in [5, 5.41) is 3.66. The van der Waals surface area contributed by atoms with Gasteiger partial charge in [0.2, 0.25) is 0 Å². The van der Waals surface area contributed by atoms with Gasteiger partial charge in [-0.2, -0.15) is 0 Å². The van der Waals surface area contributed by atoms with E-state index in [-0.39, 0.29) is 6.04 Å². The molecule has 0 unspecified atom stereocenters. The molecule has 30 heavy (non-hydrogen) atoms. The van der Waals surface area contributed by atoms with Crippen LogP contribution in [0.15, 0.2) is 61.1 Å². The molecule has 3 aromatic heterocycles. The number of nitrogens with one attached hydrogen (secondary N) is 2. The Labute approximate surface area is 175 Å². The van der Waals surface area contributed by atoms with Crippen molar-refractivity contribution in [2.24, 2.45) is 0 Å². The monoisotopic (exact) mass is 396 g/mol. The van der Waals surface area contributed by atoms with E-state index in [1.165, 1.54) is 5.56 Å². The van der Waals surface area contributed by atoms with Gasteiger partial charge in [0.05, 0.1) is 17.9 Å². The summed E-state index contributed by atoms with van der Waals surface area (Å²) in [5.74, 6) is 2.57. The molecule has 6 heteroatoms. The van der Waals surface area contributed by atoms with E-state index in [2.05, 4.69) is 39.3 Å². The maximum Gasteiger partial charge on any atom is 0.163 e. The lowest BCUT2D eigenvalue weighted by Crippen LogP contribution is -2.15. The van der Waals surface area contributed by atoms with Crippen LogP contribution >= 0.6 is 0 Å². The number of rotatable bonds is 6. The van der Waals surface area contributed by atoms with E-state index in [0.717, 1.165) is 65.7 Å². The van der Waals surface area contributed by atoms with Crippen LogP contribution in [0.1, 0.15) is 42.9 Å². The molecule has 0 fully saturated rings. The van der Waals surface area contributed by atoms with Crippen LogP contribution in [-0.4, -0.2) is 24.9 Å². The number of H-pyrrole nitrogens is 1. The molecule has 1 aliphatic carbocycles. The van der Waals surface area contributed by atoms with E-state index in [1.807, 2.05) is 42.7 Å². The number of fused-ring (bicyclic) bond motifs is 1. The first-order valence-corrected chi connectivity index (χ1v) is 10.5. The molecule has 6 nitrogen and oxygen atoms in total. The van der Waals surface area contributed by atoms with Crippen molar-refractivity contribution >= 4 is 5.82 Å². The zero-order valence-corrected chi connectivity index (χ0v) is 17.0. The SMILES string of the molecule is CC[C@@H](Nc1nc(-c2cccnc2)nc2c1CCC2)c1ncc(-c2ccccc2)[nH]1. The van der Waals surface area contributed by atoms with E-state index < -0.39 is 0 Å². The minimum absolute atomic E-state index is 0.0452. The van der Waals surface area contributed by atoms with Crippen molar-refractivity contribution in [3.8, 4) is 22.6 Å². The zero-order valence-electron chi connectivity index (χ0n) is 17.0. The molecule has 4 aromatic rings. The molecule has 5 rings (SSSR count). The number of anilines is 1. The molecule has 0 saturated heterocycles. The van der Waals surface area contributed by atoms with Crippen molar-refractivity contribution < 1.29 is 0 Å². The number of benzene rings is 1. The van der Waals surface area contributed by atoms with E-state index in [0.29, 0.717) is 0 Å². The first-order chi connectivity index (χ1) is 14.8. The second kappa shape index (κ2) is 8.06. The molecule has 0 aliphatic heterocycles. The second-order valence-electron chi connectivity index (χ2n) is 7.57. The number of hydrogen-bond donors (Lipinski definition) is 2. The average Bonchev–Trinajstić information content (AvgIpc) is 3.48. The molecule has 1 aliphatic rings. The normalized spacial score (nSPS) is 13.8. The predicted octanol–water partition coefficient (Wildman–Crippen LogP) is 4.98. The molecule has 0 amide bonds. The third-order valence-electron chi connectivity index (χ3n) is 5.58. The number of aryl methyl sites for hydroxylation is 1. The van der Waals surface area contributed by atoms with Gasteiger partial charge in [-0.1, -0.05) is 37.3 Å². The molecule has 0 saturated carbocycles. The fraction of sp³-hybridized carbons (Fsp3) is 0.250. The van der Waals surface area contributed by atoms with Crippen molar-refractivity contribution in [1.82, 2.24) is 24.9 Å². The molecule has 0 bridgehead atoms. The van der Waals surface area contributed by atoms with Gasteiger partial charge in [-0.25, -0.2) is 15.0 Å². The highest BCUT2D eigenvalue weighted by Gasteiger charge is 2.23. The number of nitrogens with zero attached hydrogens (tertiary/aromatic N) is 4. The highest BCUT2D eigenvalue weighted by atomic mass is 15.1. The van der Waals surface area contributed by atoms with Crippen LogP contribution < -0.4 is 5.32 Å². The van der Waals surface area contributed by atoms with E-state index in [9.17, 15) is 0 Å². The van der Waals surface area contributed by atoms with Gasteiger partial charge in [-0.3, -0.25) is 4.98 Å². The topological polar surface area (TPSA) is 79.4 Å². The van der Waals surface area contributed by atoms with Crippen LogP contribution in [0.25, 0.3) is 22.6 Å². The molecule has 3 heterocycles. The predicted molar refractivity (Wildman–Crippen MR) is 118 cm³/mol. The summed E-state index contributed by atoms with van der Waals surface area (Å²) in [6, 6.07) is 14.2. The van der Waals surface area contributed by atoms with Gasteiger partial charge in [-0.15, -0.1) is 0 Å². The minimum atomic E-state index is 0.0452. The second-order valence-corrected chi connectivity index (χ2v) is 7.57. The molecular formula is C24H24N6. The standard InChI is InChI=1S/C24H24N6/c1-2-19(24-26-15-21(29-24)16-8-4-3-5-9-16)27-23-18-11-6-12-20(18)28-22(30-23)17-10-7-13-25-14-17/h3-5,7-10,13-15,19H,2,6,11-12H2,1H3,(H,26,29)(H,27,28,30)/t19-/m1/s1. The van der Waals surface area contributed by atoms with Gasteiger partial charge in [-0.05, 0) is 43.4 Å². The lowest BCUT2D eigenvalue weighted by atomic mass is 10.1. The van der Waals surface area contributed by atoms with Crippen LogP contribution in [-0.2, 0) is 12.8 Å². The Morgan fingerprint density at radius 3 is 2.67 bits per heavy atom. The van der Waals surface area contributed by atoms with Crippen LogP contribution in [0.4, 0.5) is 5.82 Å². The zero-order chi connectivity index (χ0) is 20.3. The molecule has 1 atom stereocenters. The Kier molecular flexibility index (Phi) is 4.97. The average molecular weight is 396 g/mol. The highest BCUT2D eigenvalue weighted by molar-refractivity contribution is 5.61. The lowest BCUT2D eigenvalue weighted by Gasteiger charge is -2.18. The first kappa shape index (κ1) is 18.5. The van der Waals surface area contributed by atoms with Crippen molar-refractivity contribution in [3.05, 3.63) is 78.1 Å². The van der Waals surface area contributed by atoms with Gasteiger partial charge < -0.3 is 10.3 Å². The number of aromatic amines is 1. The lowest BCUT2D eigenvalue weighted by molar-refractivity contribution is 0.698. The summed E-state index contributed by atoms with van der Waals surface area (Å²) < 4.78 is 0. The smallest absolute Gasteiger partial charge is 0.163 e. The molecule has 1 aromatic carbocycles. The largest absolute Gasteiger partial charge is 0.360 e. The number of imidazole rings is 1. The molecule has 0 radical (unpaired) electrons. The summed E-state index contributed by atoms with van der Waals surface area (Å²) in [6.07, 6.45) is 9.50. The van der Waals surface area contributed by atoms with Crippen LogP contribution in [0.3, 0.4) is 0 Å². The van der Waals surface area contributed by atoms with Gasteiger partial charge in [0, 0.05) is 29.2 Å². The Bertz CT molecular complexity index is 1140. The first-order valence-electron chi connectivity index (χ1n) is 10.5. The van der Waals surface area contributed by atoms with Gasteiger partial charge in [0.15, 0.2) is 5.82 Å². The maximum absolute atomic E-state index is 4.89. The summed E-state index contributed by atoms with van der Waals surface area (Å²) >= 11 is 0. The third-order valence-corrected chi connectivity index (χ3v) is 5.58. The highest BCUT2D eigenvalue weighted by Crippen LogP contribution is 2.32. The van der Waals surface area contributed by atoms with E-state index in [1.54, 1.807) is 6.20 Å². The van der Waals surface area contributed by atoms with Crippen molar-refractivity contribution in [2.75, 3.05) is 5.32 Å². The summed E-state index contributed by atoms with van der Waals surface area (Å²) in [4.78, 5) is 22.1. The van der Waals surface area contributed by atoms with Crippen LogP contribution in [0.5, 0.6) is 0 Å². The number of hydrogen-bond acceptors (Lipinski definition) is 5. The Balaban J connectivity index is 1.47. The Morgan fingerprint density at radius 2 is 1.87 bits per heavy atom. The number of aromatic nitrogens is 5. The fourth-order valence-corrected chi connectivity index (χ4v) is 3.98. The molecule has 150 valence electrons. The van der Waals surface area contributed by atoms with Gasteiger partial charge in [0.25, 0.3) is 0 Å². The van der Waals surface area contributed by atoms with Crippen molar-refractivity contribution in [2.45, 2.75) is 38.6 Å². The number of pyridine rings is 1. The van der Waals surface area contributed by atoms with Crippen LogP contribution in [0.2, 0.25) is 0 Å². The summed E-state index contributed by atoms with van der Waals surface area (Å²) in [7, 11) is 0.